The molecule has 1 unspecified atom stereocenters. The van der Waals surface area contributed by atoms with Crippen LogP contribution in [0.4, 0.5) is 8.78 Å². The molecule has 7 nitrogen and oxygen atoms in total. The van der Waals surface area contributed by atoms with Gasteiger partial charge in [-0.3, -0.25) is 14.8 Å². The van der Waals surface area contributed by atoms with Crippen molar-refractivity contribution in [2.24, 2.45) is 0 Å². The number of hydrogen-bond acceptors (Lipinski definition) is 5. The molecule has 1 atom stereocenters. The number of pyridine rings is 1. The maximum absolute atomic E-state index is 14.0. The minimum Gasteiger partial charge on any atom is -0.315 e. The summed E-state index contributed by atoms with van der Waals surface area (Å²) in [4.78, 5) is 24.1. The zero-order chi connectivity index (χ0) is 21.3. The minimum atomic E-state index is -3.92. The maximum atomic E-state index is 14.0. The fourth-order valence-electron chi connectivity index (χ4n) is 2.53. The molecule has 0 fully saturated rings. The zero-order valence-corrected chi connectivity index (χ0v) is 16.4. The normalized spacial score (nSPS) is 13.8. The zero-order valence-electron chi connectivity index (χ0n) is 14.9. The molecule has 11 heteroatoms. The first-order valence-electron chi connectivity index (χ1n) is 7.91. The number of amides is 1. The number of aryl methyl sites for hydroxylation is 1. The lowest BCUT2D eigenvalue weighted by molar-refractivity contribution is -0.131. The highest BCUT2D eigenvalue weighted by Gasteiger charge is 2.43. The van der Waals surface area contributed by atoms with E-state index in [1.165, 1.54) is 23.8 Å². The molecule has 2 rings (SSSR count). The van der Waals surface area contributed by atoms with E-state index in [2.05, 4.69) is 0 Å². The second-order valence-corrected chi connectivity index (χ2v) is 9.22. The number of carbonyl (C=O) groups excluding carboxylic acids is 1. The number of halogens is 3. The third-order valence-corrected chi connectivity index (χ3v) is 6.89. The predicted octanol–water partition coefficient (Wildman–Crippen LogP) is 2.15. The van der Waals surface area contributed by atoms with Gasteiger partial charge in [0.25, 0.3) is 11.5 Å². The van der Waals surface area contributed by atoms with Gasteiger partial charge in [-0.1, -0.05) is 11.6 Å². The number of hydroxylamine groups is 1. The molecule has 2 N–H and O–H groups in total. The van der Waals surface area contributed by atoms with Gasteiger partial charge in [-0.2, -0.15) is 0 Å². The molecule has 0 aliphatic heterocycles. The summed E-state index contributed by atoms with van der Waals surface area (Å²) in [5, 5.41) is 8.42. The average Bonchev–Trinajstić information content (AvgIpc) is 2.63. The van der Waals surface area contributed by atoms with Gasteiger partial charge in [-0.25, -0.2) is 22.7 Å². The van der Waals surface area contributed by atoms with Crippen LogP contribution < -0.4 is 11.0 Å². The van der Waals surface area contributed by atoms with Gasteiger partial charge in [-0.15, -0.1) is 0 Å². The minimum absolute atomic E-state index is 0.105. The quantitative estimate of drug-likeness (QED) is 0.411. The van der Waals surface area contributed by atoms with Crippen LogP contribution in [0.1, 0.15) is 13.3 Å². The van der Waals surface area contributed by atoms with Gasteiger partial charge in [0.15, 0.2) is 26.2 Å². The Morgan fingerprint density at radius 3 is 2.46 bits per heavy atom. The summed E-state index contributed by atoms with van der Waals surface area (Å²) in [5.74, 6) is -3.56. The summed E-state index contributed by atoms with van der Waals surface area (Å²) in [6.45, 7) is 0.951. The Hall–Kier alpha value is -2.30. The highest BCUT2D eigenvalue weighted by atomic mass is 35.5. The molecule has 0 saturated carbocycles. The molecule has 152 valence electrons. The van der Waals surface area contributed by atoms with E-state index in [0.717, 1.165) is 29.9 Å². The number of aromatic nitrogens is 1. The number of nitrogens with zero attached hydrogens (tertiary/aromatic N) is 1. The summed E-state index contributed by atoms with van der Waals surface area (Å²) in [5.41, 5.74) is 0.643. The highest BCUT2D eigenvalue weighted by Crippen LogP contribution is 2.28. The first-order chi connectivity index (χ1) is 12.9. The van der Waals surface area contributed by atoms with Crippen molar-refractivity contribution < 1.29 is 27.2 Å². The number of nitrogens with one attached hydrogen (secondary N) is 1. The molecule has 0 spiro atoms. The fraction of sp³-hybridized carbons (Fsp3) is 0.294. The molecule has 28 heavy (non-hydrogen) atoms. The Bertz CT molecular complexity index is 1090. The van der Waals surface area contributed by atoms with Crippen LogP contribution >= 0.6 is 11.6 Å². The number of hydrogen-bond donors (Lipinski definition) is 2. The first-order valence-corrected chi connectivity index (χ1v) is 10.2. The third-order valence-electron chi connectivity index (χ3n) is 4.57. The third kappa shape index (κ3) is 4.08. The largest absolute Gasteiger partial charge is 0.315 e. The maximum Gasteiger partial charge on any atom is 0.264 e. The first kappa shape index (κ1) is 22.0. The van der Waals surface area contributed by atoms with E-state index in [9.17, 15) is 26.8 Å². The Kier molecular flexibility index (Phi) is 6.27. The standard InChI is InChI=1S/C17H17ClF2N2O5S/c1-17(16(24)21-25,28(2,26)27)6-8-22-7-5-10(9-13(22)23)11-3-4-12(18)15(20)14(11)19/h3-5,7,9,25H,6,8H2,1-2H3,(H,21,24). The molecule has 0 saturated heterocycles. The monoisotopic (exact) mass is 434 g/mol. The van der Waals surface area contributed by atoms with Crippen LogP contribution in [0.15, 0.2) is 35.3 Å². The molecule has 1 aromatic carbocycles. The van der Waals surface area contributed by atoms with Gasteiger partial charge < -0.3 is 4.57 Å². The molecule has 2 aromatic rings. The van der Waals surface area contributed by atoms with Crippen LogP contribution in [-0.4, -0.2) is 35.1 Å². The number of carbonyl (C=O) groups is 1. The lowest BCUT2D eigenvalue weighted by Crippen LogP contribution is -2.49. The predicted molar refractivity (Wildman–Crippen MR) is 98.9 cm³/mol. The number of rotatable bonds is 6. The molecular formula is C17H17ClF2N2O5S. The van der Waals surface area contributed by atoms with Gasteiger partial charge in [0.1, 0.15) is 0 Å². The lowest BCUT2D eigenvalue weighted by atomic mass is 10.1. The van der Waals surface area contributed by atoms with Crippen molar-refractivity contribution in [2.75, 3.05) is 6.26 Å². The molecular weight excluding hydrogens is 418 g/mol. The second kappa shape index (κ2) is 7.98. The molecule has 0 bridgehead atoms. The van der Waals surface area contributed by atoms with E-state index in [0.29, 0.717) is 0 Å². The van der Waals surface area contributed by atoms with Gasteiger partial charge in [-0.05, 0) is 37.1 Å². The van der Waals surface area contributed by atoms with E-state index >= 15 is 0 Å². The van der Waals surface area contributed by atoms with E-state index in [1.54, 1.807) is 0 Å². The van der Waals surface area contributed by atoms with E-state index < -0.39 is 42.7 Å². The Morgan fingerprint density at radius 1 is 1.29 bits per heavy atom. The summed E-state index contributed by atoms with van der Waals surface area (Å²) in [6.07, 6.45) is 1.80. The van der Waals surface area contributed by atoms with Crippen molar-refractivity contribution >= 4 is 27.3 Å². The van der Waals surface area contributed by atoms with E-state index in [-0.39, 0.29) is 24.1 Å². The van der Waals surface area contributed by atoms with E-state index in [4.69, 9.17) is 16.8 Å². The van der Waals surface area contributed by atoms with Crippen molar-refractivity contribution in [3.63, 3.8) is 0 Å². The Balaban J connectivity index is 2.35. The number of benzene rings is 1. The topological polar surface area (TPSA) is 105 Å². The molecule has 0 aliphatic rings. The molecule has 1 amide bonds. The summed E-state index contributed by atoms with van der Waals surface area (Å²) in [6, 6.07) is 4.78. The van der Waals surface area contributed by atoms with Crippen LogP contribution in [0.5, 0.6) is 0 Å². The smallest absolute Gasteiger partial charge is 0.264 e. The van der Waals surface area contributed by atoms with Crippen molar-refractivity contribution in [1.82, 2.24) is 10.0 Å². The Labute approximate surface area is 164 Å². The van der Waals surface area contributed by atoms with Gasteiger partial charge >= 0.3 is 0 Å². The highest BCUT2D eigenvalue weighted by molar-refractivity contribution is 7.92. The van der Waals surface area contributed by atoms with Crippen molar-refractivity contribution in [1.29, 1.82) is 0 Å². The molecule has 1 aromatic heterocycles. The average molecular weight is 435 g/mol. The van der Waals surface area contributed by atoms with Gasteiger partial charge in [0.2, 0.25) is 0 Å². The molecule has 0 aliphatic carbocycles. The number of sulfone groups is 1. The Morgan fingerprint density at radius 2 is 1.93 bits per heavy atom. The van der Waals surface area contributed by atoms with Crippen LogP contribution in [0.2, 0.25) is 5.02 Å². The van der Waals surface area contributed by atoms with Gasteiger partial charge in [0, 0.05) is 30.6 Å². The SMILES string of the molecule is CC(CCn1ccc(-c2ccc(Cl)c(F)c2F)cc1=O)(C(=O)NO)S(C)(=O)=O. The van der Waals surface area contributed by atoms with Gasteiger partial charge in [0.05, 0.1) is 5.02 Å². The molecule has 0 radical (unpaired) electrons. The van der Waals surface area contributed by atoms with Crippen LogP contribution in [0, 0.1) is 11.6 Å². The van der Waals surface area contributed by atoms with Crippen LogP contribution in [0.25, 0.3) is 11.1 Å². The second-order valence-electron chi connectivity index (χ2n) is 6.36. The van der Waals surface area contributed by atoms with Crippen molar-refractivity contribution in [3.8, 4) is 11.1 Å². The van der Waals surface area contributed by atoms with Crippen LogP contribution in [0.3, 0.4) is 0 Å². The van der Waals surface area contributed by atoms with Crippen LogP contribution in [-0.2, 0) is 21.2 Å². The van der Waals surface area contributed by atoms with E-state index in [1.807, 2.05) is 0 Å². The summed E-state index contributed by atoms with van der Waals surface area (Å²) >= 11 is 5.51. The summed E-state index contributed by atoms with van der Waals surface area (Å²) in [7, 11) is -3.92. The van der Waals surface area contributed by atoms with Crippen molar-refractivity contribution in [3.05, 3.63) is 57.5 Å². The fourth-order valence-corrected chi connectivity index (χ4v) is 3.52. The summed E-state index contributed by atoms with van der Waals surface area (Å²) < 4.78 is 50.7. The molecule has 1 heterocycles. The van der Waals surface area contributed by atoms with Crippen molar-refractivity contribution in [2.45, 2.75) is 24.6 Å². The lowest BCUT2D eigenvalue weighted by Gasteiger charge is -2.25.